The van der Waals surface area contributed by atoms with E-state index in [9.17, 15) is 0 Å². The van der Waals surface area contributed by atoms with Crippen LogP contribution in [0.3, 0.4) is 0 Å². The summed E-state index contributed by atoms with van der Waals surface area (Å²) in [6.07, 6.45) is 0. The number of anilines is 1. The molecule has 0 aliphatic heterocycles. The highest BCUT2D eigenvalue weighted by Crippen LogP contribution is 2.29. The van der Waals surface area contributed by atoms with Crippen molar-refractivity contribution >= 4 is 28.9 Å². The second-order valence-electron chi connectivity index (χ2n) is 5.73. The van der Waals surface area contributed by atoms with Crippen LogP contribution < -0.4 is 14.8 Å². The molecule has 0 bridgehead atoms. The van der Waals surface area contributed by atoms with E-state index in [1.165, 1.54) is 0 Å². The maximum absolute atomic E-state index is 6.17. The van der Waals surface area contributed by atoms with Crippen molar-refractivity contribution in [2.45, 2.75) is 13.2 Å². The Hall–Kier alpha value is -2.36. The van der Waals surface area contributed by atoms with Crippen LogP contribution in [0.5, 0.6) is 11.5 Å². The number of halogens is 2. The second-order valence-corrected chi connectivity index (χ2v) is 6.57. The van der Waals surface area contributed by atoms with Crippen molar-refractivity contribution < 1.29 is 9.47 Å². The zero-order chi connectivity index (χ0) is 18.4. The van der Waals surface area contributed by atoms with Crippen LogP contribution in [-0.2, 0) is 13.2 Å². The van der Waals surface area contributed by atoms with Gasteiger partial charge in [-0.3, -0.25) is 0 Å². The SMILES string of the molecule is COc1ccc(NCc2cc(Cl)ccc2OCc2ccccc2)cc1Cl. The average Bonchev–Trinajstić information content (AvgIpc) is 2.66. The molecule has 5 heteroatoms. The van der Waals surface area contributed by atoms with Gasteiger partial charge >= 0.3 is 0 Å². The zero-order valence-corrected chi connectivity index (χ0v) is 15.8. The van der Waals surface area contributed by atoms with E-state index in [0.717, 1.165) is 22.6 Å². The van der Waals surface area contributed by atoms with Crippen LogP contribution in [-0.4, -0.2) is 7.11 Å². The van der Waals surface area contributed by atoms with E-state index in [1.54, 1.807) is 7.11 Å². The lowest BCUT2D eigenvalue weighted by Gasteiger charge is -2.14. The molecule has 3 aromatic rings. The molecule has 0 atom stereocenters. The lowest BCUT2D eigenvalue weighted by Crippen LogP contribution is -2.04. The van der Waals surface area contributed by atoms with Crippen molar-refractivity contribution in [3.8, 4) is 11.5 Å². The molecule has 0 aromatic heterocycles. The molecule has 3 rings (SSSR count). The summed E-state index contributed by atoms with van der Waals surface area (Å²) in [7, 11) is 1.59. The minimum Gasteiger partial charge on any atom is -0.495 e. The van der Waals surface area contributed by atoms with Crippen LogP contribution >= 0.6 is 23.2 Å². The van der Waals surface area contributed by atoms with Crippen molar-refractivity contribution in [2.75, 3.05) is 12.4 Å². The maximum Gasteiger partial charge on any atom is 0.137 e. The molecular formula is C21H19Cl2NO2. The Morgan fingerprint density at radius 3 is 2.38 bits per heavy atom. The highest BCUT2D eigenvalue weighted by Gasteiger charge is 2.07. The van der Waals surface area contributed by atoms with Gasteiger partial charge in [0.15, 0.2) is 0 Å². The number of benzene rings is 3. The van der Waals surface area contributed by atoms with E-state index in [-0.39, 0.29) is 0 Å². The van der Waals surface area contributed by atoms with Crippen molar-refractivity contribution in [3.05, 3.63) is 87.9 Å². The molecule has 0 saturated heterocycles. The van der Waals surface area contributed by atoms with Gasteiger partial charge in [0, 0.05) is 22.8 Å². The van der Waals surface area contributed by atoms with Gasteiger partial charge in [-0.25, -0.2) is 0 Å². The fourth-order valence-corrected chi connectivity index (χ4v) is 2.99. The van der Waals surface area contributed by atoms with Gasteiger partial charge in [-0.15, -0.1) is 0 Å². The Balaban J connectivity index is 1.70. The Bertz CT molecular complexity index is 869. The summed E-state index contributed by atoms with van der Waals surface area (Å²) in [6.45, 7) is 1.07. The summed E-state index contributed by atoms with van der Waals surface area (Å²) in [6, 6.07) is 21.2. The first-order valence-electron chi connectivity index (χ1n) is 8.18. The predicted molar refractivity (Wildman–Crippen MR) is 108 cm³/mol. The van der Waals surface area contributed by atoms with Crippen LogP contribution in [0.25, 0.3) is 0 Å². The van der Waals surface area contributed by atoms with Gasteiger partial charge in [0.05, 0.1) is 12.1 Å². The minimum absolute atomic E-state index is 0.504. The van der Waals surface area contributed by atoms with E-state index in [1.807, 2.05) is 66.7 Å². The summed E-state index contributed by atoms with van der Waals surface area (Å²) < 4.78 is 11.2. The largest absolute Gasteiger partial charge is 0.495 e. The molecule has 3 nitrogen and oxygen atoms in total. The Kier molecular flexibility index (Phi) is 6.26. The highest BCUT2D eigenvalue weighted by atomic mass is 35.5. The van der Waals surface area contributed by atoms with Crippen LogP contribution in [0.15, 0.2) is 66.7 Å². The first-order chi connectivity index (χ1) is 12.7. The molecule has 26 heavy (non-hydrogen) atoms. The number of hydrogen-bond donors (Lipinski definition) is 1. The molecule has 134 valence electrons. The van der Waals surface area contributed by atoms with Gasteiger partial charge in [0.25, 0.3) is 0 Å². The monoisotopic (exact) mass is 387 g/mol. The van der Waals surface area contributed by atoms with Crippen LogP contribution in [0.1, 0.15) is 11.1 Å². The number of rotatable bonds is 7. The average molecular weight is 388 g/mol. The molecule has 0 amide bonds. The van der Waals surface area contributed by atoms with E-state index in [4.69, 9.17) is 32.7 Å². The van der Waals surface area contributed by atoms with Crippen LogP contribution in [0, 0.1) is 0 Å². The first kappa shape index (κ1) is 18.4. The standard InChI is InChI=1S/C21H19Cl2NO2/c1-25-21-10-8-18(12-19(21)23)24-13-16-11-17(22)7-9-20(16)26-14-15-5-3-2-4-6-15/h2-12,24H,13-14H2,1H3. The summed E-state index contributed by atoms with van der Waals surface area (Å²) in [5, 5.41) is 4.57. The summed E-state index contributed by atoms with van der Waals surface area (Å²) in [5.41, 5.74) is 2.98. The van der Waals surface area contributed by atoms with Crippen LogP contribution in [0.2, 0.25) is 10.0 Å². The smallest absolute Gasteiger partial charge is 0.137 e. The molecule has 0 fully saturated rings. The maximum atomic E-state index is 6.17. The molecule has 0 aliphatic rings. The molecule has 0 saturated carbocycles. The molecule has 0 heterocycles. The first-order valence-corrected chi connectivity index (χ1v) is 8.94. The molecule has 0 aliphatic carbocycles. The van der Waals surface area contributed by atoms with Gasteiger partial charge < -0.3 is 14.8 Å². The molecule has 0 radical (unpaired) electrons. The fourth-order valence-electron chi connectivity index (χ4n) is 2.54. The topological polar surface area (TPSA) is 30.5 Å². The Labute approximate surface area is 163 Å². The summed E-state index contributed by atoms with van der Waals surface area (Å²) >= 11 is 12.3. The van der Waals surface area contributed by atoms with Gasteiger partial charge in [0.1, 0.15) is 18.1 Å². The van der Waals surface area contributed by atoms with Gasteiger partial charge in [0.2, 0.25) is 0 Å². The molecule has 0 spiro atoms. The third kappa shape index (κ3) is 4.84. The highest BCUT2D eigenvalue weighted by molar-refractivity contribution is 6.32. The molecule has 1 N–H and O–H groups in total. The lowest BCUT2D eigenvalue weighted by atomic mass is 10.2. The number of hydrogen-bond acceptors (Lipinski definition) is 3. The molecular weight excluding hydrogens is 369 g/mol. The van der Waals surface area contributed by atoms with E-state index in [0.29, 0.717) is 28.9 Å². The Morgan fingerprint density at radius 1 is 0.885 bits per heavy atom. The van der Waals surface area contributed by atoms with Gasteiger partial charge in [-0.1, -0.05) is 53.5 Å². The third-order valence-corrected chi connectivity index (χ3v) is 4.42. The number of methoxy groups -OCH3 is 1. The van der Waals surface area contributed by atoms with Crippen molar-refractivity contribution in [3.63, 3.8) is 0 Å². The van der Waals surface area contributed by atoms with Crippen molar-refractivity contribution in [1.82, 2.24) is 0 Å². The molecule has 3 aromatic carbocycles. The fraction of sp³-hybridized carbons (Fsp3) is 0.143. The van der Waals surface area contributed by atoms with E-state index >= 15 is 0 Å². The van der Waals surface area contributed by atoms with E-state index in [2.05, 4.69) is 5.32 Å². The normalized spacial score (nSPS) is 10.4. The number of nitrogens with one attached hydrogen (secondary N) is 1. The van der Waals surface area contributed by atoms with Crippen molar-refractivity contribution in [2.24, 2.45) is 0 Å². The number of ether oxygens (including phenoxy) is 2. The second kappa shape index (κ2) is 8.84. The zero-order valence-electron chi connectivity index (χ0n) is 14.3. The predicted octanol–water partition coefficient (Wildman–Crippen LogP) is 6.19. The summed E-state index contributed by atoms with van der Waals surface area (Å²) in [4.78, 5) is 0. The summed E-state index contributed by atoms with van der Waals surface area (Å²) in [5.74, 6) is 1.44. The van der Waals surface area contributed by atoms with Gasteiger partial charge in [-0.2, -0.15) is 0 Å². The molecule has 0 unspecified atom stereocenters. The van der Waals surface area contributed by atoms with Gasteiger partial charge in [-0.05, 0) is 42.0 Å². The lowest BCUT2D eigenvalue weighted by molar-refractivity contribution is 0.303. The Morgan fingerprint density at radius 2 is 1.65 bits per heavy atom. The van der Waals surface area contributed by atoms with Crippen molar-refractivity contribution in [1.29, 1.82) is 0 Å². The third-order valence-electron chi connectivity index (χ3n) is 3.89. The van der Waals surface area contributed by atoms with Crippen LogP contribution in [0.4, 0.5) is 5.69 Å². The minimum atomic E-state index is 0.504. The van der Waals surface area contributed by atoms with E-state index < -0.39 is 0 Å². The quantitative estimate of drug-likeness (QED) is 0.523.